The van der Waals surface area contributed by atoms with Gasteiger partial charge in [-0.15, -0.1) is 0 Å². The summed E-state index contributed by atoms with van der Waals surface area (Å²) in [5.41, 5.74) is 4.37. The Bertz CT molecular complexity index is 1270. The first-order valence-corrected chi connectivity index (χ1v) is 10.6. The second-order valence-electron chi connectivity index (χ2n) is 9.29. The van der Waals surface area contributed by atoms with Crippen LogP contribution in [0.4, 0.5) is 5.82 Å². The van der Waals surface area contributed by atoms with Gasteiger partial charge in [0.1, 0.15) is 17.1 Å². The number of anilines is 1. The summed E-state index contributed by atoms with van der Waals surface area (Å²) in [6.07, 6.45) is 0. The normalized spacial score (nSPS) is 17.5. The monoisotopic (exact) mass is 417 g/mol. The Balaban J connectivity index is 1.47. The van der Waals surface area contributed by atoms with Gasteiger partial charge in [0, 0.05) is 44.2 Å². The zero-order valence-corrected chi connectivity index (χ0v) is 18.3. The van der Waals surface area contributed by atoms with Crippen molar-refractivity contribution < 1.29 is 9.52 Å². The first kappa shape index (κ1) is 19.8. The molecule has 0 spiro atoms. The predicted octanol–water partition coefficient (Wildman–Crippen LogP) is 4.28. The van der Waals surface area contributed by atoms with E-state index in [4.69, 9.17) is 14.4 Å². The molecular weight excluding hydrogens is 390 g/mol. The molecule has 1 aliphatic rings. The summed E-state index contributed by atoms with van der Waals surface area (Å²) in [7, 11) is 0. The Morgan fingerprint density at radius 1 is 1.03 bits per heavy atom. The summed E-state index contributed by atoms with van der Waals surface area (Å²) >= 11 is 0. The van der Waals surface area contributed by atoms with E-state index in [1.807, 2.05) is 24.3 Å². The van der Waals surface area contributed by atoms with Crippen molar-refractivity contribution in [3.8, 4) is 17.0 Å². The molecule has 1 atom stereocenters. The molecule has 5 rings (SSSR count). The molecule has 7 nitrogen and oxygen atoms in total. The van der Waals surface area contributed by atoms with E-state index in [-0.39, 0.29) is 11.2 Å². The van der Waals surface area contributed by atoms with Crippen molar-refractivity contribution in [3.63, 3.8) is 0 Å². The first-order valence-electron chi connectivity index (χ1n) is 10.6. The van der Waals surface area contributed by atoms with Gasteiger partial charge in [-0.05, 0) is 35.7 Å². The van der Waals surface area contributed by atoms with E-state index in [0.29, 0.717) is 34.3 Å². The lowest BCUT2D eigenvalue weighted by Crippen LogP contribution is -2.56. The number of aromatic nitrogens is 3. The number of hydrogen-bond acceptors (Lipinski definition) is 7. The van der Waals surface area contributed by atoms with Crippen LogP contribution in [-0.2, 0) is 0 Å². The van der Waals surface area contributed by atoms with Gasteiger partial charge in [-0.2, -0.15) is 0 Å². The summed E-state index contributed by atoms with van der Waals surface area (Å²) in [6.45, 7) is 11.4. The molecule has 2 N–H and O–H groups in total. The van der Waals surface area contributed by atoms with Gasteiger partial charge >= 0.3 is 0 Å². The van der Waals surface area contributed by atoms with Gasteiger partial charge < -0.3 is 19.7 Å². The minimum Gasteiger partial charge on any atom is -0.507 e. The summed E-state index contributed by atoms with van der Waals surface area (Å²) in [5, 5.41) is 14.1. The van der Waals surface area contributed by atoms with Crippen LogP contribution in [0.2, 0.25) is 0 Å². The second kappa shape index (κ2) is 7.20. The van der Waals surface area contributed by atoms with Crippen molar-refractivity contribution in [3.05, 3.63) is 42.3 Å². The van der Waals surface area contributed by atoms with Crippen LogP contribution in [0.25, 0.3) is 33.4 Å². The fourth-order valence-electron chi connectivity index (χ4n) is 4.15. The fraction of sp³-hybridized carbons (Fsp3) is 0.375. The van der Waals surface area contributed by atoms with Crippen LogP contribution >= 0.6 is 0 Å². The highest BCUT2D eigenvalue weighted by Crippen LogP contribution is 2.33. The number of aromatic hydroxyl groups is 1. The molecule has 1 aromatic carbocycles. The predicted molar refractivity (Wildman–Crippen MR) is 122 cm³/mol. The number of oxazole rings is 1. The van der Waals surface area contributed by atoms with Gasteiger partial charge in [0.2, 0.25) is 0 Å². The molecular formula is C24H27N5O2. The number of nitrogens with one attached hydrogen (secondary N) is 1. The average Bonchev–Trinajstić information content (AvgIpc) is 3.10. The van der Waals surface area contributed by atoms with E-state index in [0.717, 1.165) is 36.5 Å². The number of benzene rings is 1. The molecule has 0 bridgehead atoms. The highest BCUT2D eigenvalue weighted by molar-refractivity contribution is 5.86. The number of nitrogens with zero attached hydrogens (tertiary/aromatic N) is 4. The van der Waals surface area contributed by atoms with E-state index < -0.39 is 0 Å². The Morgan fingerprint density at radius 2 is 1.81 bits per heavy atom. The molecule has 4 heterocycles. The summed E-state index contributed by atoms with van der Waals surface area (Å²) < 4.78 is 5.61. The van der Waals surface area contributed by atoms with Crippen molar-refractivity contribution >= 4 is 28.0 Å². The number of phenolic OH excluding ortho intramolecular Hbond substituents is 1. The maximum Gasteiger partial charge on any atom is 0.192 e. The van der Waals surface area contributed by atoms with Gasteiger partial charge in [0.05, 0.1) is 16.7 Å². The largest absolute Gasteiger partial charge is 0.507 e. The van der Waals surface area contributed by atoms with E-state index in [9.17, 15) is 5.11 Å². The molecule has 1 fully saturated rings. The second-order valence-corrected chi connectivity index (χ2v) is 9.29. The molecule has 3 aromatic heterocycles. The number of rotatable bonds is 2. The molecule has 1 saturated heterocycles. The van der Waals surface area contributed by atoms with Crippen LogP contribution in [-0.4, -0.2) is 45.7 Å². The number of hydrogen-bond donors (Lipinski definition) is 2. The lowest BCUT2D eigenvalue weighted by atomic mass is 9.85. The lowest BCUT2D eigenvalue weighted by molar-refractivity contribution is 0.253. The van der Waals surface area contributed by atoms with Gasteiger partial charge in [0.25, 0.3) is 0 Å². The average molecular weight is 418 g/mol. The van der Waals surface area contributed by atoms with Gasteiger partial charge in [0.15, 0.2) is 11.5 Å². The summed E-state index contributed by atoms with van der Waals surface area (Å²) in [6, 6.07) is 11.7. The Hall–Kier alpha value is -3.19. The third kappa shape index (κ3) is 3.70. The Labute approximate surface area is 181 Å². The number of piperazine rings is 1. The fourth-order valence-corrected chi connectivity index (χ4v) is 4.15. The Morgan fingerprint density at radius 3 is 2.61 bits per heavy atom. The quantitative estimate of drug-likeness (QED) is 0.503. The zero-order valence-electron chi connectivity index (χ0n) is 18.3. The van der Waals surface area contributed by atoms with Crippen LogP contribution in [0, 0.1) is 12.3 Å². The summed E-state index contributed by atoms with van der Waals surface area (Å²) in [5.74, 6) is 1.67. The first-order chi connectivity index (χ1) is 14.8. The van der Waals surface area contributed by atoms with Crippen molar-refractivity contribution in [2.75, 3.05) is 24.5 Å². The van der Waals surface area contributed by atoms with E-state index in [1.54, 1.807) is 19.1 Å². The molecule has 31 heavy (non-hydrogen) atoms. The highest BCUT2D eigenvalue weighted by Gasteiger charge is 2.29. The van der Waals surface area contributed by atoms with Crippen molar-refractivity contribution in [1.82, 2.24) is 20.3 Å². The lowest BCUT2D eigenvalue weighted by Gasteiger charge is -2.41. The van der Waals surface area contributed by atoms with Crippen LogP contribution in [0.5, 0.6) is 5.75 Å². The van der Waals surface area contributed by atoms with Crippen LogP contribution in [0.3, 0.4) is 0 Å². The number of pyridine rings is 2. The Kier molecular flexibility index (Phi) is 4.59. The molecule has 0 radical (unpaired) electrons. The molecule has 160 valence electrons. The van der Waals surface area contributed by atoms with E-state index in [2.05, 4.69) is 36.0 Å². The van der Waals surface area contributed by atoms with Crippen molar-refractivity contribution in [2.45, 2.75) is 33.7 Å². The van der Waals surface area contributed by atoms with E-state index >= 15 is 0 Å². The molecule has 0 amide bonds. The highest BCUT2D eigenvalue weighted by atomic mass is 16.3. The molecule has 0 unspecified atom stereocenters. The van der Waals surface area contributed by atoms with Gasteiger partial charge in [-0.1, -0.05) is 20.8 Å². The number of phenols is 1. The van der Waals surface area contributed by atoms with Crippen LogP contribution in [0.15, 0.2) is 40.8 Å². The van der Waals surface area contributed by atoms with Gasteiger partial charge in [-0.25, -0.2) is 15.0 Å². The number of fused-ring (bicyclic) bond motifs is 2. The minimum atomic E-state index is 0.131. The summed E-state index contributed by atoms with van der Waals surface area (Å²) in [4.78, 5) is 16.2. The molecule has 0 aliphatic carbocycles. The standard InChI is InChI=1S/C24H27N5O2/c1-14-26-19-12-20(30)15(11-21(19)31-14)16-5-6-18-17(27-16)7-8-23(28-18)29-10-9-25-22(13-29)24(2,3)4/h5-8,11-12,22,25,30H,9-10,13H2,1-4H3/t22-/m1/s1. The zero-order chi connectivity index (χ0) is 21.8. The SMILES string of the molecule is Cc1nc2cc(O)c(-c3ccc4nc(N5CCN[C@@H](C(C)(C)C)C5)ccc4n3)cc2o1. The molecule has 7 heteroatoms. The smallest absolute Gasteiger partial charge is 0.192 e. The third-order valence-corrected chi connectivity index (χ3v) is 5.96. The van der Waals surface area contributed by atoms with Crippen LogP contribution < -0.4 is 10.2 Å². The minimum absolute atomic E-state index is 0.131. The molecule has 0 saturated carbocycles. The van der Waals surface area contributed by atoms with E-state index in [1.165, 1.54) is 0 Å². The van der Waals surface area contributed by atoms with Crippen LogP contribution in [0.1, 0.15) is 26.7 Å². The third-order valence-electron chi connectivity index (χ3n) is 5.96. The maximum atomic E-state index is 10.5. The van der Waals surface area contributed by atoms with Crippen molar-refractivity contribution in [2.24, 2.45) is 5.41 Å². The maximum absolute atomic E-state index is 10.5. The molecule has 1 aliphatic heterocycles. The van der Waals surface area contributed by atoms with Gasteiger partial charge in [-0.3, -0.25) is 0 Å². The molecule has 4 aromatic rings. The van der Waals surface area contributed by atoms with Crippen molar-refractivity contribution in [1.29, 1.82) is 0 Å². The number of aryl methyl sites for hydroxylation is 1. The topological polar surface area (TPSA) is 87.3 Å².